The average Bonchev–Trinajstić information content (AvgIpc) is 2.62. The molecule has 0 bridgehead atoms. The van der Waals surface area contributed by atoms with E-state index in [4.69, 9.17) is 0 Å². The first-order valence-electron chi connectivity index (χ1n) is 5.62. The van der Waals surface area contributed by atoms with Crippen LogP contribution in [0.25, 0.3) is 11.1 Å². The average molecular weight is 260 g/mol. The zero-order valence-electron chi connectivity index (χ0n) is 9.79. The Morgan fingerprint density at radius 1 is 0.889 bits per heavy atom. The van der Waals surface area contributed by atoms with Gasteiger partial charge in [0, 0.05) is 0 Å². The first-order valence-corrected chi connectivity index (χ1v) is 7.06. The summed E-state index contributed by atoms with van der Waals surface area (Å²) < 4.78 is 31.9. The summed E-state index contributed by atoms with van der Waals surface area (Å²) in [5.41, 5.74) is 3.00. The molecule has 2 aromatic carbocycles. The van der Waals surface area contributed by atoms with Gasteiger partial charge in [-0.2, -0.15) is 8.42 Å². The number of hydrogen-bond acceptors (Lipinski definition) is 2. The predicted octanol–water partition coefficient (Wildman–Crippen LogP) is 2.82. The zero-order valence-corrected chi connectivity index (χ0v) is 10.6. The molecule has 0 unspecified atom stereocenters. The van der Waals surface area contributed by atoms with Gasteiger partial charge in [0.2, 0.25) is 0 Å². The lowest BCUT2D eigenvalue weighted by molar-refractivity contribution is 0.455. The van der Waals surface area contributed by atoms with Crippen molar-refractivity contribution >= 4 is 10.1 Å². The fourth-order valence-corrected chi connectivity index (χ4v) is 3.60. The molecule has 0 aromatic heterocycles. The van der Waals surface area contributed by atoms with Crippen LogP contribution in [0.15, 0.2) is 48.5 Å². The molecule has 18 heavy (non-hydrogen) atoms. The Morgan fingerprint density at radius 3 is 1.67 bits per heavy atom. The van der Waals surface area contributed by atoms with E-state index in [0.29, 0.717) is 11.1 Å². The lowest BCUT2D eigenvalue weighted by atomic mass is 9.98. The maximum Gasteiger partial charge on any atom is 0.278 e. The highest BCUT2D eigenvalue weighted by molar-refractivity contribution is 7.87. The van der Waals surface area contributed by atoms with E-state index in [1.54, 1.807) is 31.2 Å². The van der Waals surface area contributed by atoms with E-state index < -0.39 is 14.9 Å². The second-order valence-electron chi connectivity index (χ2n) is 4.60. The molecule has 3 nitrogen and oxygen atoms in total. The van der Waals surface area contributed by atoms with Gasteiger partial charge < -0.3 is 0 Å². The number of benzene rings is 2. The number of fused-ring (bicyclic) bond motifs is 3. The normalized spacial score (nSPS) is 16.1. The van der Waals surface area contributed by atoms with Crippen molar-refractivity contribution in [3.8, 4) is 11.1 Å². The third-order valence-corrected chi connectivity index (χ3v) is 5.16. The molecule has 92 valence electrons. The van der Waals surface area contributed by atoms with Crippen molar-refractivity contribution in [1.29, 1.82) is 0 Å². The molecule has 0 radical (unpaired) electrons. The van der Waals surface area contributed by atoms with Gasteiger partial charge in [-0.3, -0.25) is 4.55 Å². The molecule has 0 heterocycles. The van der Waals surface area contributed by atoms with E-state index in [9.17, 15) is 13.0 Å². The summed E-state index contributed by atoms with van der Waals surface area (Å²) in [5, 5.41) is 0. The molecule has 3 rings (SSSR count). The Hall–Kier alpha value is -1.65. The molecule has 0 atom stereocenters. The molecular weight excluding hydrogens is 248 g/mol. The maximum absolute atomic E-state index is 11.8. The van der Waals surface area contributed by atoms with E-state index in [1.807, 2.05) is 24.3 Å². The Morgan fingerprint density at radius 2 is 1.28 bits per heavy atom. The third kappa shape index (κ3) is 1.24. The monoisotopic (exact) mass is 260 g/mol. The lowest BCUT2D eigenvalue weighted by Gasteiger charge is -2.23. The lowest BCUT2D eigenvalue weighted by Crippen LogP contribution is -2.31. The maximum atomic E-state index is 11.8. The van der Waals surface area contributed by atoms with Gasteiger partial charge in [-0.1, -0.05) is 48.5 Å². The van der Waals surface area contributed by atoms with Crippen molar-refractivity contribution in [2.75, 3.05) is 0 Å². The second kappa shape index (κ2) is 3.43. The molecule has 0 saturated heterocycles. The van der Waals surface area contributed by atoms with E-state index in [0.717, 1.165) is 11.1 Å². The van der Waals surface area contributed by atoms with Gasteiger partial charge in [0.25, 0.3) is 10.1 Å². The highest BCUT2D eigenvalue weighted by Crippen LogP contribution is 2.50. The molecule has 2 aromatic rings. The van der Waals surface area contributed by atoms with Crippen molar-refractivity contribution in [1.82, 2.24) is 0 Å². The minimum absolute atomic E-state index is 0.633. The number of rotatable bonds is 1. The van der Waals surface area contributed by atoms with Crippen LogP contribution in [-0.4, -0.2) is 13.0 Å². The Labute approximate surface area is 106 Å². The van der Waals surface area contributed by atoms with E-state index in [1.165, 1.54) is 0 Å². The molecule has 0 spiro atoms. The summed E-state index contributed by atoms with van der Waals surface area (Å²) in [6.45, 7) is 1.55. The zero-order chi connectivity index (χ0) is 13.0. The Kier molecular flexibility index (Phi) is 2.18. The fourth-order valence-electron chi connectivity index (χ4n) is 2.69. The topological polar surface area (TPSA) is 54.4 Å². The summed E-state index contributed by atoms with van der Waals surface area (Å²) in [4.78, 5) is 0. The van der Waals surface area contributed by atoms with Crippen LogP contribution >= 0.6 is 0 Å². The van der Waals surface area contributed by atoms with Crippen molar-refractivity contribution in [3.05, 3.63) is 59.7 Å². The molecule has 0 aliphatic heterocycles. The molecule has 1 aliphatic carbocycles. The molecule has 0 amide bonds. The predicted molar refractivity (Wildman–Crippen MR) is 69.9 cm³/mol. The fraction of sp³-hybridized carbons (Fsp3) is 0.143. The largest absolute Gasteiger partial charge is 0.285 e. The van der Waals surface area contributed by atoms with Crippen molar-refractivity contribution in [2.24, 2.45) is 0 Å². The van der Waals surface area contributed by atoms with Crippen LogP contribution in [0.5, 0.6) is 0 Å². The minimum Gasteiger partial charge on any atom is -0.285 e. The van der Waals surface area contributed by atoms with Crippen molar-refractivity contribution in [2.45, 2.75) is 11.7 Å². The second-order valence-corrected chi connectivity index (χ2v) is 6.37. The van der Waals surface area contributed by atoms with Crippen LogP contribution in [0.3, 0.4) is 0 Å². The molecule has 1 aliphatic rings. The third-order valence-electron chi connectivity index (χ3n) is 3.69. The molecule has 4 heteroatoms. The first kappa shape index (κ1) is 11.4. The van der Waals surface area contributed by atoms with E-state index in [-0.39, 0.29) is 0 Å². The smallest absolute Gasteiger partial charge is 0.278 e. The standard InChI is InChI=1S/C14H12O3S/c1-14(18(15,16)17)12-8-4-2-6-10(12)11-7-3-5-9-13(11)14/h2-9H,1H3,(H,15,16,17). The quantitative estimate of drug-likeness (QED) is 0.802. The summed E-state index contributed by atoms with van der Waals surface area (Å²) in [6.07, 6.45) is 0. The van der Waals surface area contributed by atoms with Crippen LogP contribution in [0.2, 0.25) is 0 Å². The molecule has 0 fully saturated rings. The summed E-state index contributed by atoms with van der Waals surface area (Å²) in [7, 11) is -4.23. The highest BCUT2D eigenvalue weighted by Gasteiger charge is 2.48. The van der Waals surface area contributed by atoms with Crippen molar-refractivity contribution < 1.29 is 13.0 Å². The van der Waals surface area contributed by atoms with Gasteiger partial charge in [0.1, 0.15) is 4.75 Å². The van der Waals surface area contributed by atoms with Crippen LogP contribution < -0.4 is 0 Å². The molecular formula is C14H12O3S. The summed E-state index contributed by atoms with van der Waals surface area (Å²) >= 11 is 0. The Bertz CT molecular complexity index is 687. The number of hydrogen-bond donors (Lipinski definition) is 1. The molecule has 1 N–H and O–H groups in total. The van der Waals surface area contributed by atoms with Crippen LogP contribution in [-0.2, 0) is 14.9 Å². The van der Waals surface area contributed by atoms with Gasteiger partial charge in [0.15, 0.2) is 0 Å². The Balaban J connectivity index is 2.49. The van der Waals surface area contributed by atoms with Gasteiger partial charge >= 0.3 is 0 Å². The highest BCUT2D eigenvalue weighted by atomic mass is 32.2. The van der Waals surface area contributed by atoms with Crippen LogP contribution in [0.4, 0.5) is 0 Å². The van der Waals surface area contributed by atoms with Gasteiger partial charge in [-0.25, -0.2) is 0 Å². The van der Waals surface area contributed by atoms with Crippen molar-refractivity contribution in [3.63, 3.8) is 0 Å². The summed E-state index contributed by atoms with van der Waals surface area (Å²) in [6, 6.07) is 14.6. The summed E-state index contributed by atoms with van der Waals surface area (Å²) in [5.74, 6) is 0. The van der Waals surface area contributed by atoms with Crippen LogP contribution in [0, 0.1) is 0 Å². The van der Waals surface area contributed by atoms with E-state index >= 15 is 0 Å². The van der Waals surface area contributed by atoms with Crippen LogP contribution in [0.1, 0.15) is 18.1 Å². The van der Waals surface area contributed by atoms with Gasteiger partial charge in [-0.05, 0) is 29.2 Å². The van der Waals surface area contributed by atoms with Gasteiger partial charge in [-0.15, -0.1) is 0 Å². The van der Waals surface area contributed by atoms with Gasteiger partial charge in [0.05, 0.1) is 0 Å². The minimum atomic E-state index is -4.23. The van der Waals surface area contributed by atoms with E-state index in [2.05, 4.69) is 0 Å². The first-order chi connectivity index (χ1) is 8.46. The SMILES string of the molecule is CC1(S(=O)(=O)O)c2ccccc2-c2ccccc21. The molecule has 0 saturated carbocycles.